The normalized spacial score (nSPS) is 12.4. The molecule has 0 saturated carbocycles. The number of guanidine groups is 1. The summed E-state index contributed by atoms with van der Waals surface area (Å²) in [5, 5.41) is 6.92. The molecule has 0 aliphatic heterocycles. The van der Waals surface area contributed by atoms with Gasteiger partial charge in [-0.2, -0.15) is 0 Å². The number of hydrogen-bond acceptors (Lipinski definition) is 2. The third-order valence-corrected chi connectivity index (χ3v) is 4.73. The Balaban J connectivity index is 0.00000364. The third-order valence-electron chi connectivity index (χ3n) is 4.73. The summed E-state index contributed by atoms with van der Waals surface area (Å²) in [5.41, 5.74) is 3.93. The summed E-state index contributed by atoms with van der Waals surface area (Å²) in [7, 11) is 1.81. The van der Waals surface area contributed by atoms with Gasteiger partial charge in [0, 0.05) is 20.1 Å². The molecule has 0 heterocycles. The Labute approximate surface area is 181 Å². The maximum absolute atomic E-state index is 4.38. The monoisotopic (exact) mass is 480 g/mol. The lowest BCUT2D eigenvalue weighted by atomic mass is 10.1. The van der Waals surface area contributed by atoms with E-state index in [1.54, 1.807) is 0 Å². The minimum Gasteiger partial charge on any atom is -0.352 e. The number of nitrogens with zero attached hydrogens (tertiary/aromatic N) is 2. The SMILES string of the molecule is CCN(CC)Cc1ccccc1CNC(=NC)NC(C)c1ccccc1.I. The van der Waals surface area contributed by atoms with Crippen LogP contribution in [0.1, 0.15) is 43.5 Å². The average molecular weight is 480 g/mol. The molecule has 0 saturated heterocycles. The molecule has 2 aromatic rings. The average Bonchev–Trinajstić information content (AvgIpc) is 2.70. The third kappa shape index (κ3) is 7.50. The van der Waals surface area contributed by atoms with Gasteiger partial charge in [-0.05, 0) is 36.7 Å². The Morgan fingerprint density at radius 3 is 2.15 bits per heavy atom. The second kappa shape index (κ2) is 12.7. The highest BCUT2D eigenvalue weighted by atomic mass is 127. The van der Waals surface area contributed by atoms with E-state index in [1.165, 1.54) is 16.7 Å². The van der Waals surface area contributed by atoms with Gasteiger partial charge in [-0.1, -0.05) is 68.4 Å². The lowest BCUT2D eigenvalue weighted by Gasteiger charge is -2.21. The van der Waals surface area contributed by atoms with E-state index in [1.807, 2.05) is 13.1 Å². The van der Waals surface area contributed by atoms with Crippen molar-refractivity contribution in [1.82, 2.24) is 15.5 Å². The Kier molecular flexibility index (Phi) is 11.0. The molecule has 0 fully saturated rings. The Morgan fingerprint density at radius 1 is 0.963 bits per heavy atom. The first-order chi connectivity index (χ1) is 12.7. The van der Waals surface area contributed by atoms with Crippen LogP contribution in [0.25, 0.3) is 0 Å². The second-order valence-corrected chi connectivity index (χ2v) is 6.43. The van der Waals surface area contributed by atoms with Crippen molar-refractivity contribution in [3.8, 4) is 0 Å². The fourth-order valence-electron chi connectivity index (χ4n) is 2.98. The van der Waals surface area contributed by atoms with E-state index in [4.69, 9.17) is 0 Å². The van der Waals surface area contributed by atoms with Crippen molar-refractivity contribution >= 4 is 29.9 Å². The van der Waals surface area contributed by atoms with Crippen molar-refractivity contribution in [3.05, 3.63) is 71.3 Å². The van der Waals surface area contributed by atoms with Crippen molar-refractivity contribution in [3.63, 3.8) is 0 Å². The number of nitrogens with one attached hydrogen (secondary N) is 2. The fraction of sp³-hybridized carbons (Fsp3) is 0.409. The van der Waals surface area contributed by atoms with E-state index in [0.717, 1.165) is 32.1 Å². The second-order valence-electron chi connectivity index (χ2n) is 6.43. The van der Waals surface area contributed by atoms with Crippen LogP contribution in [-0.2, 0) is 13.1 Å². The van der Waals surface area contributed by atoms with Gasteiger partial charge in [0.1, 0.15) is 0 Å². The maximum Gasteiger partial charge on any atom is 0.191 e. The zero-order valence-corrected chi connectivity index (χ0v) is 19.2. The minimum absolute atomic E-state index is 0. The number of aliphatic imine (C=N–C) groups is 1. The standard InChI is InChI=1S/C22H32N4.HI/c1-5-26(6-2)17-21-15-11-10-14-20(21)16-24-22(23-4)25-18(3)19-12-8-7-9-13-19;/h7-15,18H,5-6,16-17H2,1-4H3,(H2,23,24,25);1H. The molecule has 2 N–H and O–H groups in total. The highest BCUT2D eigenvalue weighted by molar-refractivity contribution is 14.0. The molecule has 5 heteroatoms. The Bertz CT molecular complexity index is 684. The molecule has 1 atom stereocenters. The smallest absolute Gasteiger partial charge is 0.191 e. The summed E-state index contributed by atoms with van der Waals surface area (Å²) in [4.78, 5) is 6.81. The molecular weight excluding hydrogens is 447 g/mol. The molecule has 4 nitrogen and oxygen atoms in total. The van der Waals surface area contributed by atoms with Gasteiger partial charge in [-0.3, -0.25) is 9.89 Å². The summed E-state index contributed by atoms with van der Waals surface area (Å²) in [6.07, 6.45) is 0. The molecular formula is C22H33IN4. The number of rotatable bonds is 8. The molecule has 0 bridgehead atoms. The molecule has 2 rings (SSSR count). The first-order valence-electron chi connectivity index (χ1n) is 9.49. The van der Waals surface area contributed by atoms with Gasteiger partial charge in [-0.15, -0.1) is 24.0 Å². The van der Waals surface area contributed by atoms with Crippen LogP contribution in [0, 0.1) is 0 Å². The Morgan fingerprint density at radius 2 is 1.56 bits per heavy atom. The maximum atomic E-state index is 4.38. The summed E-state index contributed by atoms with van der Waals surface area (Å²) in [5.74, 6) is 0.819. The highest BCUT2D eigenvalue weighted by Crippen LogP contribution is 2.13. The molecule has 2 aromatic carbocycles. The van der Waals surface area contributed by atoms with Crippen LogP contribution in [0.3, 0.4) is 0 Å². The lowest BCUT2D eigenvalue weighted by Crippen LogP contribution is -2.38. The largest absolute Gasteiger partial charge is 0.352 e. The summed E-state index contributed by atoms with van der Waals surface area (Å²) >= 11 is 0. The van der Waals surface area contributed by atoms with E-state index < -0.39 is 0 Å². The summed E-state index contributed by atoms with van der Waals surface area (Å²) in [6, 6.07) is 19.3. The van der Waals surface area contributed by atoms with Crippen molar-refractivity contribution in [2.24, 2.45) is 4.99 Å². The number of hydrogen-bond donors (Lipinski definition) is 2. The van der Waals surface area contributed by atoms with Crippen LogP contribution >= 0.6 is 24.0 Å². The fourth-order valence-corrected chi connectivity index (χ4v) is 2.98. The summed E-state index contributed by atoms with van der Waals surface area (Å²) < 4.78 is 0. The molecule has 0 aliphatic rings. The van der Waals surface area contributed by atoms with Crippen LogP contribution in [0.4, 0.5) is 0 Å². The number of halogens is 1. The van der Waals surface area contributed by atoms with Gasteiger partial charge in [0.25, 0.3) is 0 Å². The molecule has 0 aromatic heterocycles. The van der Waals surface area contributed by atoms with Gasteiger partial charge in [0.15, 0.2) is 5.96 Å². The van der Waals surface area contributed by atoms with Crippen LogP contribution in [0.15, 0.2) is 59.6 Å². The van der Waals surface area contributed by atoms with Gasteiger partial charge in [0.2, 0.25) is 0 Å². The van der Waals surface area contributed by atoms with Crippen molar-refractivity contribution in [2.75, 3.05) is 20.1 Å². The van der Waals surface area contributed by atoms with Crippen molar-refractivity contribution in [2.45, 2.75) is 39.9 Å². The van der Waals surface area contributed by atoms with Crippen molar-refractivity contribution in [1.29, 1.82) is 0 Å². The predicted molar refractivity (Wildman–Crippen MR) is 127 cm³/mol. The van der Waals surface area contributed by atoms with Crippen LogP contribution in [0.2, 0.25) is 0 Å². The van der Waals surface area contributed by atoms with E-state index in [-0.39, 0.29) is 30.0 Å². The molecule has 1 unspecified atom stereocenters. The zero-order chi connectivity index (χ0) is 18.8. The van der Waals surface area contributed by atoms with Gasteiger partial charge < -0.3 is 10.6 Å². The van der Waals surface area contributed by atoms with E-state index in [2.05, 4.69) is 89.8 Å². The van der Waals surface area contributed by atoms with Crippen LogP contribution in [0.5, 0.6) is 0 Å². The lowest BCUT2D eigenvalue weighted by molar-refractivity contribution is 0.295. The van der Waals surface area contributed by atoms with Crippen LogP contribution < -0.4 is 10.6 Å². The molecule has 0 aliphatic carbocycles. The topological polar surface area (TPSA) is 39.7 Å². The molecule has 0 amide bonds. The van der Waals surface area contributed by atoms with Crippen molar-refractivity contribution < 1.29 is 0 Å². The summed E-state index contributed by atoms with van der Waals surface area (Å²) in [6.45, 7) is 10.4. The van der Waals surface area contributed by atoms with Gasteiger partial charge in [-0.25, -0.2) is 0 Å². The Hall–Kier alpha value is -1.60. The molecule has 0 radical (unpaired) electrons. The first kappa shape index (κ1) is 23.4. The first-order valence-corrected chi connectivity index (χ1v) is 9.49. The van der Waals surface area contributed by atoms with E-state index >= 15 is 0 Å². The minimum atomic E-state index is 0. The predicted octanol–water partition coefficient (Wildman–Crippen LogP) is 4.57. The zero-order valence-electron chi connectivity index (χ0n) is 16.9. The number of benzene rings is 2. The molecule has 148 valence electrons. The van der Waals surface area contributed by atoms with E-state index in [0.29, 0.717) is 0 Å². The quantitative estimate of drug-likeness (QED) is 0.330. The van der Waals surface area contributed by atoms with Crippen LogP contribution in [-0.4, -0.2) is 31.0 Å². The molecule has 0 spiro atoms. The molecule has 27 heavy (non-hydrogen) atoms. The van der Waals surface area contributed by atoms with Gasteiger partial charge in [0.05, 0.1) is 6.04 Å². The highest BCUT2D eigenvalue weighted by Gasteiger charge is 2.09. The van der Waals surface area contributed by atoms with E-state index in [9.17, 15) is 0 Å². The van der Waals surface area contributed by atoms with Gasteiger partial charge >= 0.3 is 0 Å².